The van der Waals surface area contributed by atoms with Gasteiger partial charge in [0.15, 0.2) is 0 Å². The fraction of sp³-hybridized carbons (Fsp3) is 0.0476. The molecule has 3 aromatic rings. The number of rotatable bonds is 8. The fourth-order valence-corrected chi connectivity index (χ4v) is 3.93. The van der Waals surface area contributed by atoms with Gasteiger partial charge in [-0.05, 0) is 48.5 Å². The Hall–Kier alpha value is -4.45. The third-order valence-electron chi connectivity index (χ3n) is 4.47. The van der Waals surface area contributed by atoms with Gasteiger partial charge in [0.1, 0.15) is 5.75 Å². The average molecular weight is 470 g/mol. The minimum absolute atomic E-state index is 0.0443. The van der Waals surface area contributed by atoms with E-state index in [9.17, 15) is 28.1 Å². The molecule has 0 aromatic heterocycles. The van der Waals surface area contributed by atoms with E-state index >= 15 is 0 Å². The summed E-state index contributed by atoms with van der Waals surface area (Å²) in [5.74, 6) is -1.12. The minimum Gasteiger partial charge on any atom is -0.495 e. The van der Waals surface area contributed by atoms with E-state index in [1.165, 1.54) is 61.7 Å². The second-order valence-corrected chi connectivity index (χ2v) is 8.35. The van der Waals surface area contributed by atoms with Gasteiger partial charge in [-0.2, -0.15) is 0 Å². The van der Waals surface area contributed by atoms with Gasteiger partial charge in [0.2, 0.25) is 5.91 Å². The van der Waals surface area contributed by atoms with Crippen molar-refractivity contribution >= 4 is 38.9 Å². The molecule has 4 N–H and O–H groups in total. The molecule has 0 aliphatic rings. The van der Waals surface area contributed by atoms with E-state index in [1.807, 2.05) is 0 Å². The van der Waals surface area contributed by atoms with Gasteiger partial charge in [-0.25, -0.2) is 8.42 Å². The molecule has 0 saturated carbocycles. The number of amides is 2. The summed E-state index contributed by atoms with van der Waals surface area (Å²) >= 11 is 0. The van der Waals surface area contributed by atoms with Crippen LogP contribution in [0.15, 0.2) is 71.6 Å². The Morgan fingerprint density at radius 2 is 1.70 bits per heavy atom. The molecule has 0 spiro atoms. The first-order chi connectivity index (χ1) is 15.6. The number of benzene rings is 3. The topological polar surface area (TPSA) is 171 Å². The lowest BCUT2D eigenvalue weighted by atomic mass is 10.2. The van der Waals surface area contributed by atoms with Crippen LogP contribution in [0.1, 0.15) is 20.7 Å². The monoisotopic (exact) mass is 470 g/mol. The van der Waals surface area contributed by atoms with Crippen molar-refractivity contribution in [2.45, 2.75) is 4.90 Å². The summed E-state index contributed by atoms with van der Waals surface area (Å²) in [7, 11) is -2.92. The lowest BCUT2D eigenvalue weighted by Gasteiger charge is -2.12. The predicted molar refractivity (Wildman–Crippen MR) is 120 cm³/mol. The van der Waals surface area contributed by atoms with Crippen molar-refractivity contribution in [2.24, 2.45) is 5.73 Å². The maximum Gasteiger partial charge on any atom is 0.271 e. The van der Waals surface area contributed by atoms with E-state index in [1.54, 1.807) is 0 Å². The first kappa shape index (κ1) is 23.2. The van der Waals surface area contributed by atoms with Gasteiger partial charge in [-0.1, -0.05) is 6.07 Å². The summed E-state index contributed by atoms with van der Waals surface area (Å²) in [4.78, 5) is 33.8. The number of nitro groups is 1. The van der Waals surface area contributed by atoms with Crippen molar-refractivity contribution in [2.75, 3.05) is 17.1 Å². The number of nitrogens with zero attached hydrogens (tertiary/aromatic N) is 1. The Balaban J connectivity index is 1.85. The molecule has 0 saturated heterocycles. The first-order valence-electron chi connectivity index (χ1n) is 9.27. The van der Waals surface area contributed by atoms with Gasteiger partial charge in [-0.3, -0.25) is 24.4 Å². The number of carbonyl (C=O) groups excluding carboxylic acids is 2. The zero-order chi connectivity index (χ0) is 24.2. The summed E-state index contributed by atoms with van der Waals surface area (Å²) in [6.07, 6.45) is 0. The first-order valence-corrected chi connectivity index (χ1v) is 10.8. The van der Waals surface area contributed by atoms with E-state index in [0.29, 0.717) is 5.69 Å². The number of ether oxygens (including phenoxy) is 1. The van der Waals surface area contributed by atoms with Crippen molar-refractivity contribution < 1.29 is 27.7 Å². The van der Waals surface area contributed by atoms with Crippen molar-refractivity contribution in [1.29, 1.82) is 0 Å². The maximum absolute atomic E-state index is 12.9. The zero-order valence-electron chi connectivity index (χ0n) is 17.1. The van der Waals surface area contributed by atoms with E-state index in [-0.39, 0.29) is 33.1 Å². The van der Waals surface area contributed by atoms with Gasteiger partial charge in [0.25, 0.3) is 21.6 Å². The lowest BCUT2D eigenvalue weighted by Crippen LogP contribution is -2.16. The van der Waals surface area contributed by atoms with Crippen molar-refractivity contribution in [3.05, 3.63) is 88.0 Å². The summed E-state index contributed by atoms with van der Waals surface area (Å²) in [6, 6.07) is 14.5. The highest BCUT2D eigenvalue weighted by atomic mass is 32.2. The third-order valence-corrected chi connectivity index (χ3v) is 5.84. The second-order valence-electron chi connectivity index (χ2n) is 6.67. The Morgan fingerprint density at radius 3 is 2.30 bits per heavy atom. The predicted octanol–water partition coefficient (Wildman–Crippen LogP) is 2.76. The highest BCUT2D eigenvalue weighted by Crippen LogP contribution is 2.31. The number of nitrogens with two attached hydrogens (primary N) is 1. The summed E-state index contributed by atoms with van der Waals surface area (Å²) in [5.41, 5.74) is 5.41. The van der Waals surface area contributed by atoms with Gasteiger partial charge in [0.05, 0.1) is 22.6 Å². The number of carbonyl (C=O) groups is 2. The van der Waals surface area contributed by atoms with Crippen molar-refractivity contribution in [3.8, 4) is 5.75 Å². The molecular formula is C21H18N4O7S. The number of primary amides is 1. The van der Waals surface area contributed by atoms with Gasteiger partial charge >= 0.3 is 0 Å². The third kappa shape index (κ3) is 5.43. The standard InChI is InChI=1S/C21H18N4O7S/c1-32-19-10-9-16(25(28)29)12-18(19)24-33(30,31)17-4-2-3-14(11-17)21(27)23-15-7-5-13(6-8-15)20(22)26/h2-12,24H,1H3,(H2,22,26)(H,23,27). The molecule has 0 aliphatic carbocycles. The molecule has 11 nitrogen and oxygen atoms in total. The average Bonchev–Trinajstić information content (AvgIpc) is 2.79. The maximum atomic E-state index is 12.9. The largest absolute Gasteiger partial charge is 0.495 e. The number of non-ortho nitro benzene ring substituents is 1. The normalized spacial score (nSPS) is 10.8. The number of nitrogens with one attached hydrogen (secondary N) is 2. The molecule has 3 aromatic carbocycles. The van der Waals surface area contributed by atoms with Crippen molar-refractivity contribution in [1.82, 2.24) is 0 Å². The Kier molecular flexibility index (Phi) is 6.59. The molecule has 0 radical (unpaired) electrons. The smallest absolute Gasteiger partial charge is 0.271 e. The summed E-state index contributed by atoms with van der Waals surface area (Å²) in [6.45, 7) is 0. The Labute approximate surface area is 188 Å². The SMILES string of the molecule is COc1ccc([N+](=O)[O-])cc1NS(=O)(=O)c1cccc(C(=O)Nc2ccc(C(N)=O)cc2)c1. The van der Waals surface area contributed by atoms with Crippen LogP contribution < -0.4 is 20.5 Å². The highest BCUT2D eigenvalue weighted by molar-refractivity contribution is 7.92. The molecule has 0 atom stereocenters. The van der Waals surface area contributed by atoms with Crippen LogP contribution in [0.25, 0.3) is 0 Å². The van der Waals surface area contributed by atoms with Crippen LogP contribution in [0.2, 0.25) is 0 Å². The molecule has 170 valence electrons. The molecule has 33 heavy (non-hydrogen) atoms. The molecule has 12 heteroatoms. The summed E-state index contributed by atoms with van der Waals surface area (Å²) < 4.78 is 33.1. The van der Waals surface area contributed by atoms with E-state index in [2.05, 4.69) is 10.0 Å². The molecule has 2 amide bonds. The molecule has 0 unspecified atom stereocenters. The van der Waals surface area contributed by atoms with Crippen molar-refractivity contribution in [3.63, 3.8) is 0 Å². The number of sulfonamides is 1. The van der Waals surface area contributed by atoms with Crippen LogP contribution in [0.3, 0.4) is 0 Å². The van der Waals surface area contributed by atoms with Gasteiger partial charge < -0.3 is 15.8 Å². The number of nitro benzene ring substituents is 1. The second kappa shape index (κ2) is 9.36. The van der Waals surface area contributed by atoms with Crippen LogP contribution in [-0.2, 0) is 10.0 Å². The van der Waals surface area contributed by atoms with E-state index in [4.69, 9.17) is 10.5 Å². The minimum atomic E-state index is -4.22. The quantitative estimate of drug-likeness (QED) is 0.335. The van der Waals surface area contributed by atoms with Gasteiger partial charge in [0, 0.05) is 28.9 Å². The molecule has 0 fully saturated rings. The highest BCUT2D eigenvalue weighted by Gasteiger charge is 2.20. The van der Waals surface area contributed by atoms with Crippen LogP contribution >= 0.6 is 0 Å². The molecule has 0 aliphatic heterocycles. The molecule has 0 heterocycles. The summed E-state index contributed by atoms with van der Waals surface area (Å²) in [5, 5.41) is 13.6. The van der Waals surface area contributed by atoms with Crippen LogP contribution in [0.5, 0.6) is 5.75 Å². The van der Waals surface area contributed by atoms with Gasteiger partial charge in [-0.15, -0.1) is 0 Å². The Morgan fingerprint density at radius 1 is 1.00 bits per heavy atom. The molecule has 0 bridgehead atoms. The number of hydrogen-bond donors (Lipinski definition) is 3. The van der Waals surface area contributed by atoms with Crippen LogP contribution in [0.4, 0.5) is 17.1 Å². The molecular weight excluding hydrogens is 452 g/mol. The van der Waals surface area contributed by atoms with Crippen LogP contribution in [0, 0.1) is 10.1 Å². The lowest BCUT2D eigenvalue weighted by molar-refractivity contribution is -0.384. The van der Waals surface area contributed by atoms with E-state index in [0.717, 1.165) is 12.1 Å². The number of anilines is 2. The zero-order valence-corrected chi connectivity index (χ0v) is 18.0. The number of methoxy groups -OCH3 is 1. The molecule has 3 rings (SSSR count). The Bertz CT molecular complexity index is 1340. The fourth-order valence-electron chi connectivity index (χ4n) is 2.82. The van der Waals surface area contributed by atoms with E-state index < -0.39 is 26.8 Å². The number of hydrogen-bond acceptors (Lipinski definition) is 7. The van der Waals surface area contributed by atoms with Crippen LogP contribution in [-0.4, -0.2) is 32.3 Å².